The lowest BCUT2D eigenvalue weighted by atomic mass is 9.86. The smallest absolute Gasteiger partial charge is 0.224 e. The van der Waals surface area contributed by atoms with Crippen LogP contribution in [0.15, 0.2) is 0 Å². The second-order valence-corrected chi connectivity index (χ2v) is 8.18. The lowest BCUT2D eigenvalue weighted by Crippen LogP contribution is -2.39. The monoisotopic (exact) mass is 462 g/mol. The Labute approximate surface area is 194 Å². The van der Waals surface area contributed by atoms with Crippen LogP contribution >= 0.6 is 0 Å². The van der Waals surface area contributed by atoms with E-state index in [0.29, 0.717) is 98.2 Å². The van der Waals surface area contributed by atoms with Gasteiger partial charge < -0.3 is 39.1 Å². The van der Waals surface area contributed by atoms with Crippen LogP contribution in [0.5, 0.6) is 0 Å². The van der Waals surface area contributed by atoms with Crippen molar-refractivity contribution in [3.05, 3.63) is 0 Å². The Balaban J connectivity index is 1.75. The molecule has 1 aliphatic rings. The van der Waals surface area contributed by atoms with E-state index in [9.17, 15) is 4.79 Å². The number of likely N-dealkylation sites (tertiary alicyclic amines) is 1. The molecule has 9 nitrogen and oxygen atoms in total. The van der Waals surface area contributed by atoms with Crippen molar-refractivity contribution in [2.24, 2.45) is 17.6 Å². The molecule has 2 N–H and O–H groups in total. The van der Waals surface area contributed by atoms with Crippen LogP contribution in [-0.2, 0) is 33.2 Å². The number of piperidine rings is 1. The number of carbonyl (C=O) groups excluding carboxylic acids is 1. The quantitative estimate of drug-likeness (QED) is 0.255. The summed E-state index contributed by atoms with van der Waals surface area (Å²) in [6.07, 6.45) is 2.68. The van der Waals surface area contributed by atoms with Gasteiger partial charge in [0.2, 0.25) is 5.91 Å². The molecule has 1 saturated heterocycles. The summed E-state index contributed by atoms with van der Waals surface area (Å²) in [5, 5.41) is 0. The summed E-state index contributed by atoms with van der Waals surface area (Å²) in [5.41, 5.74) is 5.32. The molecule has 9 heteroatoms. The van der Waals surface area contributed by atoms with Gasteiger partial charge in [-0.2, -0.15) is 0 Å². The van der Waals surface area contributed by atoms with Gasteiger partial charge in [-0.25, -0.2) is 0 Å². The molecular weight excluding hydrogens is 416 g/mol. The molecule has 0 atom stereocenters. The molecule has 190 valence electrons. The fourth-order valence-corrected chi connectivity index (χ4v) is 3.42. The van der Waals surface area contributed by atoms with Crippen molar-refractivity contribution >= 4 is 5.91 Å². The Morgan fingerprint density at radius 1 is 0.719 bits per heavy atom. The van der Waals surface area contributed by atoms with Gasteiger partial charge >= 0.3 is 0 Å². The molecule has 0 bridgehead atoms. The Morgan fingerprint density at radius 2 is 1.09 bits per heavy atom. The lowest BCUT2D eigenvalue weighted by Gasteiger charge is -2.34. The Hall–Kier alpha value is -0.810. The number of amides is 1. The molecule has 1 fully saturated rings. The highest BCUT2D eigenvalue weighted by molar-refractivity contribution is 5.76. The number of rotatable bonds is 21. The summed E-state index contributed by atoms with van der Waals surface area (Å²) in [5.74, 6) is 1.66. The molecule has 1 amide bonds. The van der Waals surface area contributed by atoms with Gasteiger partial charge in [0, 0.05) is 19.6 Å². The fourth-order valence-electron chi connectivity index (χ4n) is 3.42. The minimum Gasteiger partial charge on any atom is -0.379 e. The van der Waals surface area contributed by atoms with Gasteiger partial charge in [0.15, 0.2) is 0 Å². The maximum atomic E-state index is 12.2. The Morgan fingerprint density at radius 3 is 1.47 bits per heavy atom. The third-order valence-electron chi connectivity index (χ3n) is 5.42. The number of nitrogens with two attached hydrogens (primary N) is 1. The number of carbonyl (C=O) groups is 1. The molecule has 0 aromatic carbocycles. The largest absolute Gasteiger partial charge is 0.379 e. The van der Waals surface area contributed by atoms with Crippen LogP contribution in [0.4, 0.5) is 0 Å². The molecule has 0 aromatic rings. The van der Waals surface area contributed by atoms with Gasteiger partial charge in [-0.05, 0) is 24.7 Å². The first kappa shape index (κ1) is 29.2. The van der Waals surface area contributed by atoms with Crippen molar-refractivity contribution in [3.8, 4) is 0 Å². The van der Waals surface area contributed by atoms with Crippen LogP contribution in [0.2, 0.25) is 0 Å². The first-order valence-electron chi connectivity index (χ1n) is 12.1. The van der Waals surface area contributed by atoms with E-state index in [4.69, 9.17) is 34.2 Å². The molecule has 0 spiro atoms. The zero-order valence-corrected chi connectivity index (χ0v) is 20.3. The molecule has 0 saturated carbocycles. The van der Waals surface area contributed by atoms with Crippen LogP contribution < -0.4 is 5.73 Å². The van der Waals surface area contributed by atoms with Gasteiger partial charge in [0.05, 0.1) is 85.7 Å². The first-order valence-corrected chi connectivity index (χ1v) is 12.1. The van der Waals surface area contributed by atoms with Gasteiger partial charge in [-0.15, -0.1) is 0 Å². The predicted octanol–water partition coefficient (Wildman–Crippen LogP) is 1.33. The van der Waals surface area contributed by atoms with Crippen LogP contribution in [0.3, 0.4) is 0 Å². The second kappa shape index (κ2) is 20.8. The summed E-state index contributed by atoms with van der Waals surface area (Å²) >= 11 is 0. The van der Waals surface area contributed by atoms with Crippen LogP contribution in [-0.4, -0.2) is 110 Å². The van der Waals surface area contributed by atoms with E-state index in [2.05, 4.69) is 13.8 Å². The zero-order chi connectivity index (χ0) is 23.3. The fraction of sp³-hybridized carbons (Fsp3) is 0.957. The number of nitrogens with zero attached hydrogens (tertiary/aromatic N) is 1. The van der Waals surface area contributed by atoms with E-state index in [1.165, 1.54) is 0 Å². The standard InChI is InChI=1S/C23H46N2O7/c1-21(2)22-3-7-25(8-4-22)23(26)5-9-27-11-13-29-15-17-31-19-20-32-18-16-30-14-12-28-10-6-24/h21-22H,3-20,24H2,1-2H3. The third kappa shape index (κ3) is 15.9. The van der Waals surface area contributed by atoms with Crippen molar-refractivity contribution in [1.82, 2.24) is 4.90 Å². The molecule has 0 aromatic heterocycles. The maximum Gasteiger partial charge on any atom is 0.224 e. The number of ether oxygens (including phenoxy) is 6. The average Bonchev–Trinajstić information content (AvgIpc) is 2.80. The average molecular weight is 463 g/mol. The van der Waals surface area contributed by atoms with Crippen LogP contribution in [0, 0.1) is 11.8 Å². The van der Waals surface area contributed by atoms with Crippen LogP contribution in [0.25, 0.3) is 0 Å². The van der Waals surface area contributed by atoms with Crippen molar-refractivity contribution in [2.45, 2.75) is 33.1 Å². The SMILES string of the molecule is CC(C)C1CCN(C(=O)CCOCCOCCOCCOCCOCCOCCN)CC1. The predicted molar refractivity (Wildman–Crippen MR) is 123 cm³/mol. The zero-order valence-electron chi connectivity index (χ0n) is 20.3. The van der Waals surface area contributed by atoms with E-state index in [-0.39, 0.29) is 5.91 Å². The van der Waals surface area contributed by atoms with E-state index in [1.807, 2.05) is 4.90 Å². The minimum atomic E-state index is 0.201. The molecule has 1 heterocycles. The highest BCUT2D eigenvalue weighted by atomic mass is 16.6. The van der Waals surface area contributed by atoms with Crippen molar-refractivity contribution in [2.75, 3.05) is 98.9 Å². The van der Waals surface area contributed by atoms with Gasteiger partial charge in [-0.3, -0.25) is 4.79 Å². The van der Waals surface area contributed by atoms with Crippen LogP contribution in [0.1, 0.15) is 33.1 Å². The summed E-state index contributed by atoms with van der Waals surface area (Å²) in [4.78, 5) is 14.2. The molecule has 0 unspecified atom stereocenters. The van der Waals surface area contributed by atoms with Crippen molar-refractivity contribution in [3.63, 3.8) is 0 Å². The molecule has 0 radical (unpaired) electrons. The second-order valence-electron chi connectivity index (χ2n) is 8.18. The highest BCUT2D eigenvalue weighted by Gasteiger charge is 2.24. The molecule has 32 heavy (non-hydrogen) atoms. The van der Waals surface area contributed by atoms with E-state index in [1.54, 1.807) is 0 Å². The Kier molecular flexibility index (Phi) is 19.0. The lowest BCUT2D eigenvalue weighted by molar-refractivity contribution is -0.134. The van der Waals surface area contributed by atoms with Crippen molar-refractivity contribution in [1.29, 1.82) is 0 Å². The first-order chi connectivity index (χ1) is 15.6. The van der Waals surface area contributed by atoms with E-state index in [0.717, 1.165) is 31.8 Å². The highest BCUT2D eigenvalue weighted by Crippen LogP contribution is 2.24. The Bertz CT molecular complexity index is 433. The number of hydrogen-bond acceptors (Lipinski definition) is 8. The molecule has 1 aliphatic heterocycles. The minimum absolute atomic E-state index is 0.201. The molecular formula is C23H46N2O7. The summed E-state index contributed by atoms with van der Waals surface area (Å²) < 4.78 is 32.4. The topological polar surface area (TPSA) is 102 Å². The van der Waals surface area contributed by atoms with Gasteiger partial charge in [-0.1, -0.05) is 13.8 Å². The van der Waals surface area contributed by atoms with Gasteiger partial charge in [0.1, 0.15) is 0 Å². The summed E-state index contributed by atoms with van der Waals surface area (Å²) in [6, 6.07) is 0. The summed E-state index contributed by atoms with van der Waals surface area (Å²) in [6.45, 7) is 13.1. The number of hydrogen-bond donors (Lipinski definition) is 1. The molecule has 1 rings (SSSR count). The maximum absolute atomic E-state index is 12.2. The third-order valence-corrected chi connectivity index (χ3v) is 5.42. The van der Waals surface area contributed by atoms with Crippen molar-refractivity contribution < 1.29 is 33.2 Å². The summed E-state index contributed by atoms with van der Waals surface area (Å²) in [7, 11) is 0. The van der Waals surface area contributed by atoms with Gasteiger partial charge in [0.25, 0.3) is 0 Å². The van der Waals surface area contributed by atoms with E-state index >= 15 is 0 Å². The normalized spacial score (nSPS) is 15.1. The molecule has 0 aliphatic carbocycles. The van der Waals surface area contributed by atoms with E-state index < -0.39 is 0 Å².